The molecule has 0 spiro atoms. The maximum atomic E-state index is 4.13. The van der Waals surface area contributed by atoms with Crippen LogP contribution in [0.3, 0.4) is 0 Å². The molecule has 0 bridgehead atoms. The van der Waals surface area contributed by atoms with Crippen molar-refractivity contribution < 1.29 is 0 Å². The van der Waals surface area contributed by atoms with Gasteiger partial charge in [-0.2, -0.15) is 0 Å². The molecule has 0 saturated heterocycles. The lowest BCUT2D eigenvalue weighted by Crippen LogP contribution is -2.16. The predicted octanol–water partition coefficient (Wildman–Crippen LogP) is 3.51. The molecule has 0 aromatic carbocycles. The van der Waals surface area contributed by atoms with Crippen molar-refractivity contribution in [3.05, 3.63) is 21.9 Å². The normalized spacial score (nSPS) is 11.0. The van der Waals surface area contributed by atoms with Gasteiger partial charge in [0.15, 0.2) is 8.68 Å². The molecule has 0 radical (unpaired) electrons. The van der Waals surface area contributed by atoms with Crippen LogP contribution in [-0.2, 0) is 6.54 Å². The molecule has 0 saturated carbocycles. The van der Waals surface area contributed by atoms with E-state index in [4.69, 9.17) is 0 Å². The number of nitrogens with zero attached hydrogens (tertiary/aromatic N) is 2. The molecule has 3 nitrogen and oxygen atoms in total. The minimum absolute atomic E-state index is 0.968. The number of nitrogens with one attached hydrogen (secondary N) is 1. The zero-order valence-corrected chi connectivity index (χ0v) is 13.6. The molecule has 2 heterocycles. The maximum absolute atomic E-state index is 4.13. The fraction of sp³-hybridized carbons (Fsp3) is 0.455. The standard InChI is InChI=1S/C11H15N3S4/c1-8-3-5-16-9(8)7-12-4-6-17-11-14-13-10(15-2)18-11/h3,5,12H,4,6-7H2,1-2H3. The van der Waals surface area contributed by atoms with Crippen LogP contribution in [0.1, 0.15) is 10.4 Å². The molecule has 0 aliphatic rings. The van der Waals surface area contributed by atoms with Crippen LogP contribution >= 0.6 is 46.2 Å². The SMILES string of the molecule is CSc1nnc(SCCNCc2sccc2C)s1. The summed E-state index contributed by atoms with van der Waals surface area (Å²) in [6.07, 6.45) is 2.03. The average Bonchev–Trinajstić information content (AvgIpc) is 2.98. The highest BCUT2D eigenvalue weighted by Crippen LogP contribution is 2.26. The van der Waals surface area contributed by atoms with Crippen molar-refractivity contribution in [2.45, 2.75) is 22.1 Å². The largest absolute Gasteiger partial charge is 0.311 e. The molecule has 2 aromatic heterocycles. The molecule has 0 aliphatic heterocycles. The molecule has 2 rings (SSSR count). The van der Waals surface area contributed by atoms with Gasteiger partial charge in [-0.3, -0.25) is 0 Å². The molecule has 0 amide bonds. The summed E-state index contributed by atoms with van der Waals surface area (Å²) in [5.41, 5.74) is 1.38. The second-order valence-corrected chi connectivity index (χ2v) is 7.96. The van der Waals surface area contributed by atoms with E-state index >= 15 is 0 Å². The predicted molar refractivity (Wildman–Crippen MR) is 83.2 cm³/mol. The summed E-state index contributed by atoms with van der Waals surface area (Å²) in [5.74, 6) is 1.04. The van der Waals surface area contributed by atoms with Crippen LogP contribution in [0.5, 0.6) is 0 Å². The number of hydrogen-bond acceptors (Lipinski definition) is 7. The molecule has 98 valence electrons. The minimum atomic E-state index is 0.968. The van der Waals surface area contributed by atoms with Crippen LogP contribution < -0.4 is 5.32 Å². The minimum Gasteiger partial charge on any atom is -0.311 e. The number of thiophene rings is 1. The molecule has 0 fully saturated rings. The average molecular weight is 318 g/mol. The molecule has 7 heteroatoms. The highest BCUT2D eigenvalue weighted by molar-refractivity contribution is 8.02. The third-order valence-corrected chi connectivity index (χ3v) is 6.38. The monoisotopic (exact) mass is 317 g/mol. The van der Waals surface area contributed by atoms with E-state index in [0.29, 0.717) is 0 Å². The Hall–Kier alpha value is -0.0800. The molecule has 18 heavy (non-hydrogen) atoms. The maximum Gasteiger partial charge on any atom is 0.175 e. The van der Waals surface area contributed by atoms with Crippen molar-refractivity contribution in [3.63, 3.8) is 0 Å². The first-order chi connectivity index (χ1) is 8.79. The van der Waals surface area contributed by atoms with Gasteiger partial charge in [0.25, 0.3) is 0 Å². The van der Waals surface area contributed by atoms with Crippen LogP contribution in [0.4, 0.5) is 0 Å². The zero-order valence-electron chi connectivity index (χ0n) is 10.3. The van der Waals surface area contributed by atoms with E-state index in [9.17, 15) is 0 Å². The molecule has 2 aromatic rings. The smallest absolute Gasteiger partial charge is 0.175 e. The van der Waals surface area contributed by atoms with Crippen LogP contribution in [0.2, 0.25) is 0 Å². The Morgan fingerprint density at radius 2 is 2.17 bits per heavy atom. The van der Waals surface area contributed by atoms with Gasteiger partial charge < -0.3 is 5.32 Å². The Morgan fingerprint density at radius 1 is 1.33 bits per heavy atom. The number of hydrogen-bond donors (Lipinski definition) is 1. The van der Waals surface area contributed by atoms with E-state index in [2.05, 4.69) is 33.9 Å². The summed E-state index contributed by atoms with van der Waals surface area (Å²) in [6.45, 7) is 4.12. The second kappa shape index (κ2) is 7.49. The summed E-state index contributed by atoms with van der Waals surface area (Å²) < 4.78 is 2.10. The van der Waals surface area contributed by atoms with Gasteiger partial charge in [-0.1, -0.05) is 34.9 Å². The van der Waals surface area contributed by atoms with E-state index in [-0.39, 0.29) is 0 Å². The fourth-order valence-corrected chi connectivity index (χ4v) is 4.62. The third-order valence-electron chi connectivity index (χ3n) is 2.32. The lowest BCUT2D eigenvalue weighted by molar-refractivity contribution is 0.738. The Bertz CT molecular complexity index is 480. The first-order valence-electron chi connectivity index (χ1n) is 5.53. The number of aromatic nitrogens is 2. The van der Waals surface area contributed by atoms with Crippen LogP contribution in [-0.4, -0.2) is 28.8 Å². The Balaban J connectivity index is 1.63. The van der Waals surface area contributed by atoms with Crippen LogP contribution in [0.25, 0.3) is 0 Å². The highest BCUT2D eigenvalue weighted by atomic mass is 32.2. The Kier molecular flexibility index (Phi) is 5.97. The molecule has 0 atom stereocenters. The first kappa shape index (κ1) is 14.3. The van der Waals surface area contributed by atoms with E-state index in [1.165, 1.54) is 10.4 Å². The molecule has 1 N–H and O–H groups in total. The van der Waals surface area contributed by atoms with Gasteiger partial charge in [-0.15, -0.1) is 21.5 Å². The van der Waals surface area contributed by atoms with Crippen molar-refractivity contribution in [3.8, 4) is 0 Å². The van der Waals surface area contributed by atoms with E-state index in [0.717, 1.165) is 27.5 Å². The van der Waals surface area contributed by atoms with Gasteiger partial charge in [-0.05, 0) is 30.2 Å². The zero-order chi connectivity index (χ0) is 12.8. The Labute approximate surface area is 124 Å². The number of aryl methyl sites for hydroxylation is 1. The topological polar surface area (TPSA) is 37.8 Å². The van der Waals surface area contributed by atoms with Crippen molar-refractivity contribution in [2.75, 3.05) is 18.6 Å². The Morgan fingerprint density at radius 3 is 2.83 bits per heavy atom. The van der Waals surface area contributed by atoms with E-state index < -0.39 is 0 Å². The fourth-order valence-electron chi connectivity index (χ4n) is 1.34. The second-order valence-electron chi connectivity index (χ2n) is 3.59. The van der Waals surface area contributed by atoms with Gasteiger partial charge in [0.2, 0.25) is 0 Å². The van der Waals surface area contributed by atoms with Gasteiger partial charge in [-0.25, -0.2) is 0 Å². The molecular weight excluding hydrogens is 302 g/mol. The van der Waals surface area contributed by atoms with Crippen molar-refractivity contribution in [2.24, 2.45) is 0 Å². The van der Waals surface area contributed by atoms with Crippen LogP contribution in [0, 0.1) is 6.92 Å². The lowest BCUT2D eigenvalue weighted by Gasteiger charge is -2.02. The quantitative estimate of drug-likeness (QED) is 0.625. The van der Waals surface area contributed by atoms with E-state index in [1.807, 2.05) is 17.6 Å². The summed E-state index contributed by atoms with van der Waals surface area (Å²) in [6, 6.07) is 2.17. The third kappa shape index (κ3) is 4.24. The first-order valence-corrected chi connectivity index (χ1v) is 9.44. The summed E-state index contributed by atoms with van der Waals surface area (Å²) in [7, 11) is 0. The number of rotatable bonds is 7. The summed E-state index contributed by atoms with van der Waals surface area (Å²) in [4.78, 5) is 1.43. The molecule has 0 unspecified atom stereocenters. The molecule has 0 aliphatic carbocycles. The van der Waals surface area contributed by atoms with Gasteiger partial charge in [0, 0.05) is 23.7 Å². The lowest BCUT2D eigenvalue weighted by atomic mass is 10.3. The van der Waals surface area contributed by atoms with Crippen molar-refractivity contribution in [1.82, 2.24) is 15.5 Å². The summed E-state index contributed by atoms with van der Waals surface area (Å²) in [5, 5.41) is 13.8. The summed E-state index contributed by atoms with van der Waals surface area (Å²) >= 11 is 6.91. The van der Waals surface area contributed by atoms with Crippen molar-refractivity contribution in [1.29, 1.82) is 0 Å². The highest BCUT2D eigenvalue weighted by Gasteiger charge is 2.03. The number of thioether (sulfide) groups is 2. The van der Waals surface area contributed by atoms with Crippen LogP contribution in [0.15, 0.2) is 20.1 Å². The molecular formula is C11H15N3S4. The van der Waals surface area contributed by atoms with Crippen molar-refractivity contribution >= 4 is 46.2 Å². The van der Waals surface area contributed by atoms with Gasteiger partial charge >= 0.3 is 0 Å². The van der Waals surface area contributed by atoms with Gasteiger partial charge in [0.05, 0.1) is 0 Å². The van der Waals surface area contributed by atoms with E-state index in [1.54, 1.807) is 34.9 Å². The van der Waals surface area contributed by atoms with Gasteiger partial charge in [0.1, 0.15) is 0 Å².